The third-order valence-electron chi connectivity index (χ3n) is 3.51. The molecule has 0 saturated heterocycles. The molecule has 0 aliphatic heterocycles. The summed E-state index contributed by atoms with van der Waals surface area (Å²) in [4.78, 5) is 11.6. The van der Waals surface area contributed by atoms with Gasteiger partial charge in [0.1, 0.15) is 5.75 Å². The van der Waals surface area contributed by atoms with Crippen molar-refractivity contribution in [3.63, 3.8) is 0 Å². The van der Waals surface area contributed by atoms with E-state index >= 15 is 0 Å². The first-order chi connectivity index (χ1) is 12.1. The van der Waals surface area contributed by atoms with E-state index in [9.17, 15) is 4.79 Å². The van der Waals surface area contributed by atoms with Crippen molar-refractivity contribution < 1.29 is 14.3 Å². The molecule has 0 unspecified atom stereocenters. The standard InChI is InChI=1S/C19H22N2O3S/c1-3-24-18(22)15-6-8-16(9-7-15)21-19(25)20-13-12-14-4-10-17(23-2)11-5-14/h4-11H,3,12-13H2,1-2H3,(H2,20,21,25). The molecule has 0 heterocycles. The fourth-order valence-electron chi connectivity index (χ4n) is 2.19. The van der Waals surface area contributed by atoms with Crippen molar-refractivity contribution >= 4 is 29.0 Å². The molecule has 0 saturated carbocycles. The minimum absolute atomic E-state index is 0.325. The van der Waals surface area contributed by atoms with E-state index in [1.54, 1.807) is 38.3 Å². The van der Waals surface area contributed by atoms with Crippen LogP contribution in [0, 0.1) is 0 Å². The van der Waals surface area contributed by atoms with E-state index in [2.05, 4.69) is 10.6 Å². The van der Waals surface area contributed by atoms with Crippen LogP contribution in [0.5, 0.6) is 5.75 Å². The summed E-state index contributed by atoms with van der Waals surface area (Å²) in [5.74, 6) is 0.523. The second kappa shape index (κ2) is 9.64. The highest BCUT2D eigenvalue weighted by Crippen LogP contribution is 2.12. The van der Waals surface area contributed by atoms with Crippen molar-refractivity contribution in [2.45, 2.75) is 13.3 Å². The maximum atomic E-state index is 11.6. The van der Waals surface area contributed by atoms with E-state index < -0.39 is 0 Å². The Morgan fingerprint density at radius 3 is 2.36 bits per heavy atom. The third-order valence-corrected chi connectivity index (χ3v) is 3.76. The first kappa shape index (κ1) is 18.7. The Morgan fingerprint density at radius 1 is 1.08 bits per heavy atom. The first-order valence-electron chi connectivity index (χ1n) is 8.07. The number of anilines is 1. The number of hydrogen-bond donors (Lipinski definition) is 2. The number of hydrogen-bond acceptors (Lipinski definition) is 4. The van der Waals surface area contributed by atoms with E-state index in [0.29, 0.717) is 17.3 Å². The quantitative estimate of drug-likeness (QED) is 0.584. The summed E-state index contributed by atoms with van der Waals surface area (Å²) in [6.07, 6.45) is 0.855. The molecule has 0 aliphatic carbocycles. The summed E-state index contributed by atoms with van der Waals surface area (Å²) in [5, 5.41) is 6.80. The maximum absolute atomic E-state index is 11.6. The Kier molecular flexibility index (Phi) is 7.22. The van der Waals surface area contributed by atoms with E-state index in [1.165, 1.54) is 5.56 Å². The van der Waals surface area contributed by atoms with Crippen LogP contribution in [0.25, 0.3) is 0 Å². The molecule has 2 N–H and O–H groups in total. The minimum atomic E-state index is -0.325. The van der Waals surface area contributed by atoms with Crippen LogP contribution >= 0.6 is 12.2 Å². The smallest absolute Gasteiger partial charge is 0.338 e. The average molecular weight is 358 g/mol. The molecule has 0 spiro atoms. The third kappa shape index (κ3) is 6.08. The normalized spacial score (nSPS) is 10.0. The van der Waals surface area contributed by atoms with Crippen molar-refractivity contribution in [2.24, 2.45) is 0 Å². The Hall–Kier alpha value is -2.60. The summed E-state index contributed by atoms with van der Waals surface area (Å²) in [5.41, 5.74) is 2.54. The van der Waals surface area contributed by atoms with Gasteiger partial charge in [-0.1, -0.05) is 12.1 Å². The topological polar surface area (TPSA) is 59.6 Å². The highest BCUT2D eigenvalue weighted by Gasteiger charge is 2.06. The molecule has 0 fully saturated rings. The molecule has 5 nitrogen and oxygen atoms in total. The summed E-state index contributed by atoms with van der Waals surface area (Å²) in [6, 6.07) is 15.0. The number of rotatable bonds is 7. The van der Waals surface area contributed by atoms with Crippen LogP contribution in [0.3, 0.4) is 0 Å². The molecule has 6 heteroatoms. The lowest BCUT2D eigenvalue weighted by Crippen LogP contribution is -2.30. The summed E-state index contributed by atoms with van der Waals surface area (Å²) in [6.45, 7) is 2.87. The lowest BCUT2D eigenvalue weighted by atomic mass is 10.1. The largest absolute Gasteiger partial charge is 0.497 e. The molecule has 0 radical (unpaired) electrons. The van der Waals surface area contributed by atoms with Crippen LogP contribution in [0.2, 0.25) is 0 Å². The van der Waals surface area contributed by atoms with Crippen LogP contribution in [0.15, 0.2) is 48.5 Å². The molecule has 2 aromatic carbocycles. The molecule has 0 bridgehead atoms. The molecule has 2 rings (SSSR count). The monoisotopic (exact) mass is 358 g/mol. The van der Waals surface area contributed by atoms with E-state index in [-0.39, 0.29) is 5.97 Å². The molecule has 2 aromatic rings. The number of esters is 1. The molecule has 132 valence electrons. The lowest BCUT2D eigenvalue weighted by molar-refractivity contribution is 0.0526. The highest BCUT2D eigenvalue weighted by atomic mass is 32.1. The number of thiocarbonyl (C=S) groups is 1. The van der Waals surface area contributed by atoms with Gasteiger partial charge in [-0.2, -0.15) is 0 Å². The van der Waals surface area contributed by atoms with Crippen molar-refractivity contribution in [1.29, 1.82) is 0 Å². The number of carbonyl (C=O) groups is 1. The lowest BCUT2D eigenvalue weighted by Gasteiger charge is -2.11. The van der Waals surface area contributed by atoms with Gasteiger partial charge in [-0.3, -0.25) is 0 Å². The van der Waals surface area contributed by atoms with Crippen LogP contribution in [-0.4, -0.2) is 31.3 Å². The van der Waals surface area contributed by atoms with Gasteiger partial charge in [0.2, 0.25) is 0 Å². The fourth-order valence-corrected chi connectivity index (χ4v) is 2.41. The van der Waals surface area contributed by atoms with Gasteiger partial charge in [0.25, 0.3) is 0 Å². The van der Waals surface area contributed by atoms with E-state index in [0.717, 1.165) is 24.4 Å². The first-order valence-corrected chi connectivity index (χ1v) is 8.48. The zero-order valence-electron chi connectivity index (χ0n) is 14.4. The number of nitrogens with one attached hydrogen (secondary N) is 2. The molecule has 0 aliphatic rings. The molecule has 0 atom stereocenters. The second-order valence-electron chi connectivity index (χ2n) is 5.28. The van der Waals surface area contributed by atoms with E-state index in [4.69, 9.17) is 21.7 Å². The van der Waals surface area contributed by atoms with Crippen molar-refractivity contribution in [1.82, 2.24) is 5.32 Å². The van der Waals surface area contributed by atoms with Gasteiger partial charge in [-0.05, 0) is 67.5 Å². The van der Waals surface area contributed by atoms with Crippen molar-refractivity contribution in [3.8, 4) is 5.75 Å². The number of ether oxygens (including phenoxy) is 2. The van der Waals surface area contributed by atoms with Gasteiger partial charge in [-0.15, -0.1) is 0 Å². The number of methoxy groups -OCH3 is 1. The van der Waals surface area contributed by atoms with Crippen molar-refractivity contribution in [3.05, 3.63) is 59.7 Å². The Morgan fingerprint density at radius 2 is 1.76 bits per heavy atom. The molecule has 0 amide bonds. The second-order valence-corrected chi connectivity index (χ2v) is 5.69. The fraction of sp³-hybridized carbons (Fsp3) is 0.263. The zero-order valence-corrected chi connectivity index (χ0v) is 15.2. The van der Waals surface area contributed by atoms with Crippen molar-refractivity contribution in [2.75, 3.05) is 25.6 Å². The van der Waals surface area contributed by atoms with Crippen LogP contribution in [0.4, 0.5) is 5.69 Å². The molecule has 25 heavy (non-hydrogen) atoms. The predicted octanol–water partition coefficient (Wildman–Crippen LogP) is 3.40. The Bertz CT molecular complexity index is 700. The maximum Gasteiger partial charge on any atom is 0.338 e. The predicted molar refractivity (Wildman–Crippen MR) is 103 cm³/mol. The SMILES string of the molecule is CCOC(=O)c1ccc(NC(=S)NCCc2ccc(OC)cc2)cc1. The molecular formula is C19H22N2O3S. The summed E-state index contributed by atoms with van der Waals surface area (Å²) >= 11 is 5.28. The van der Waals surface area contributed by atoms with Crippen LogP contribution in [0.1, 0.15) is 22.8 Å². The van der Waals surface area contributed by atoms with Gasteiger partial charge in [0.15, 0.2) is 5.11 Å². The Balaban J connectivity index is 1.76. The Labute approximate surface area is 153 Å². The van der Waals surface area contributed by atoms with Crippen LogP contribution < -0.4 is 15.4 Å². The van der Waals surface area contributed by atoms with Crippen LogP contribution in [-0.2, 0) is 11.2 Å². The van der Waals surface area contributed by atoms with E-state index in [1.807, 2.05) is 24.3 Å². The average Bonchev–Trinajstić information content (AvgIpc) is 2.63. The number of carbonyl (C=O) groups excluding carboxylic acids is 1. The summed E-state index contributed by atoms with van der Waals surface area (Å²) in [7, 11) is 1.65. The number of benzene rings is 2. The van der Waals surface area contributed by atoms with Gasteiger partial charge < -0.3 is 20.1 Å². The zero-order chi connectivity index (χ0) is 18.1. The van der Waals surface area contributed by atoms with Gasteiger partial charge >= 0.3 is 5.97 Å². The van der Waals surface area contributed by atoms with Gasteiger partial charge in [0, 0.05) is 12.2 Å². The minimum Gasteiger partial charge on any atom is -0.497 e. The molecular weight excluding hydrogens is 336 g/mol. The van der Waals surface area contributed by atoms with Gasteiger partial charge in [0.05, 0.1) is 19.3 Å². The van der Waals surface area contributed by atoms with Gasteiger partial charge in [-0.25, -0.2) is 4.79 Å². The molecule has 0 aromatic heterocycles. The highest BCUT2D eigenvalue weighted by molar-refractivity contribution is 7.80. The summed E-state index contributed by atoms with van der Waals surface area (Å²) < 4.78 is 10.1.